The molecule has 5 nitrogen and oxygen atoms in total. The smallest absolute Gasteiger partial charge is 0.333 e. The van der Waals surface area contributed by atoms with Crippen LogP contribution in [0, 0.1) is 17.5 Å². The molecule has 2 aromatic carbocycles. The first-order chi connectivity index (χ1) is 10.4. The highest BCUT2D eigenvalue weighted by molar-refractivity contribution is 6.01. The third-order valence-corrected chi connectivity index (χ3v) is 3.17. The number of nitrogens with zero attached hydrogens (tertiary/aromatic N) is 1. The van der Waals surface area contributed by atoms with Gasteiger partial charge < -0.3 is 10.7 Å². The van der Waals surface area contributed by atoms with Crippen molar-refractivity contribution < 1.29 is 18.0 Å². The Labute approximate surface area is 120 Å². The number of benzene rings is 2. The number of hydrogen-bond donors (Lipinski definition) is 2. The minimum atomic E-state index is -1.78. The van der Waals surface area contributed by atoms with Crippen LogP contribution in [-0.4, -0.2) is 15.5 Å². The van der Waals surface area contributed by atoms with E-state index in [1.807, 2.05) is 0 Å². The first-order valence-electron chi connectivity index (χ1n) is 6.08. The number of aromatic amines is 1. The number of carbonyl (C=O) groups is 1. The molecular formula is C14H8F3N3O2. The summed E-state index contributed by atoms with van der Waals surface area (Å²) in [6, 6.07) is 5.64. The summed E-state index contributed by atoms with van der Waals surface area (Å²) in [4.78, 5) is 26.6. The Morgan fingerprint density at radius 3 is 2.55 bits per heavy atom. The largest absolute Gasteiger partial charge is 0.399 e. The first-order valence-corrected chi connectivity index (χ1v) is 6.08. The van der Waals surface area contributed by atoms with Crippen LogP contribution in [0.4, 0.5) is 18.9 Å². The number of fused-ring (bicyclic) bond motifs is 1. The zero-order chi connectivity index (χ0) is 16.0. The molecule has 0 fully saturated rings. The Kier molecular flexibility index (Phi) is 3.01. The van der Waals surface area contributed by atoms with E-state index < -0.39 is 34.6 Å². The molecule has 1 aromatic heterocycles. The van der Waals surface area contributed by atoms with Gasteiger partial charge in [0.2, 0.25) is 0 Å². The number of rotatable bonds is 1. The molecule has 3 aromatic rings. The van der Waals surface area contributed by atoms with E-state index in [9.17, 15) is 22.8 Å². The fourth-order valence-corrected chi connectivity index (χ4v) is 2.14. The highest BCUT2D eigenvalue weighted by Gasteiger charge is 2.23. The number of anilines is 1. The van der Waals surface area contributed by atoms with Gasteiger partial charge in [-0.05, 0) is 30.3 Å². The van der Waals surface area contributed by atoms with Crippen LogP contribution in [-0.2, 0) is 0 Å². The van der Waals surface area contributed by atoms with E-state index in [2.05, 4.69) is 4.98 Å². The molecule has 0 saturated carbocycles. The summed E-state index contributed by atoms with van der Waals surface area (Å²) in [5.74, 6) is -5.96. The lowest BCUT2D eigenvalue weighted by Crippen LogP contribution is -2.26. The Morgan fingerprint density at radius 2 is 1.82 bits per heavy atom. The molecule has 0 atom stereocenters. The van der Waals surface area contributed by atoms with Crippen molar-refractivity contribution in [2.24, 2.45) is 0 Å². The van der Waals surface area contributed by atoms with Crippen molar-refractivity contribution in [3.63, 3.8) is 0 Å². The molecule has 1 heterocycles. The van der Waals surface area contributed by atoms with E-state index in [0.717, 1.165) is 6.07 Å². The van der Waals surface area contributed by atoms with E-state index in [4.69, 9.17) is 5.73 Å². The summed E-state index contributed by atoms with van der Waals surface area (Å²) < 4.78 is 40.5. The van der Waals surface area contributed by atoms with Crippen molar-refractivity contribution in [2.45, 2.75) is 0 Å². The summed E-state index contributed by atoms with van der Waals surface area (Å²) in [5, 5.41) is 0. The third-order valence-electron chi connectivity index (χ3n) is 3.17. The quantitative estimate of drug-likeness (QED) is 0.533. The van der Waals surface area contributed by atoms with Gasteiger partial charge >= 0.3 is 5.69 Å². The molecule has 0 radical (unpaired) electrons. The molecule has 0 aliphatic carbocycles. The molecule has 22 heavy (non-hydrogen) atoms. The van der Waals surface area contributed by atoms with E-state index in [0.29, 0.717) is 16.3 Å². The third kappa shape index (κ3) is 1.96. The zero-order valence-electron chi connectivity index (χ0n) is 10.9. The summed E-state index contributed by atoms with van der Waals surface area (Å²) in [7, 11) is 0. The van der Waals surface area contributed by atoms with Crippen molar-refractivity contribution in [3.05, 3.63) is 63.8 Å². The van der Waals surface area contributed by atoms with Gasteiger partial charge in [-0.2, -0.15) is 0 Å². The highest BCUT2D eigenvalue weighted by atomic mass is 19.2. The molecule has 0 saturated heterocycles. The summed E-state index contributed by atoms with van der Waals surface area (Å²) in [6.45, 7) is 0. The predicted octanol–water partition coefficient (Wildman–Crippen LogP) is 2.02. The van der Waals surface area contributed by atoms with Gasteiger partial charge in [-0.1, -0.05) is 0 Å². The van der Waals surface area contributed by atoms with E-state index in [1.165, 1.54) is 18.2 Å². The van der Waals surface area contributed by atoms with E-state index in [-0.39, 0.29) is 11.0 Å². The van der Waals surface area contributed by atoms with Crippen LogP contribution in [0.5, 0.6) is 0 Å². The maximum absolute atomic E-state index is 13.7. The molecule has 0 spiro atoms. The Hall–Kier alpha value is -3.03. The van der Waals surface area contributed by atoms with Gasteiger partial charge in [-0.25, -0.2) is 22.5 Å². The maximum Gasteiger partial charge on any atom is 0.333 e. The molecule has 3 rings (SSSR count). The predicted molar refractivity (Wildman–Crippen MR) is 73.0 cm³/mol. The van der Waals surface area contributed by atoms with Crippen molar-refractivity contribution in [2.75, 3.05) is 5.73 Å². The Bertz CT molecular complexity index is 975. The zero-order valence-corrected chi connectivity index (χ0v) is 10.9. The fraction of sp³-hybridized carbons (Fsp3) is 0. The van der Waals surface area contributed by atoms with Crippen LogP contribution in [0.1, 0.15) is 10.4 Å². The minimum Gasteiger partial charge on any atom is -0.399 e. The molecule has 0 unspecified atom stereocenters. The standard InChI is InChI=1S/C14H8F3N3O2/c15-8-3-2-7(11(16)12(8)17)13(21)20-10-4-1-6(18)5-9(10)19-14(20)22/h1-5H,18H2,(H,19,22). The van der Waals surface area contributed by atoms with Gasteiger partial charge in [0.1, 0.15) is 0 Å². The van der Waals surface area contributed by atoms with Crippen LogP contribution in [0.2, 0.25) is 0 Å². The van der Waals surface area contributed by atoms with Gasteiger partial charge in [0.05, 0.1) is 16.6 Å². The van der Waals surface area contributed by atoms with E-state index >= 15 is 0 Å². The molecule has 0 aliphatic rings. The Morgan fingerprint density at radius 1 is 1.09 bits per heavy atom. The lowest BCUT2D eigenvalue weighted by atomic mass is 10.1. The van der Waals surface area contributed by atoms with Gasteiger partial charge in [-0.3, -0.25) is 4.79 Å². The topological polar surface area (TPSA) is 80.9 Å². The average Bonchev–Trinajstić information content (AvgIpc) is 2.79. The first kappa shape index (κ1) is 13.9. The number of aromatic nitrogens is 2. The highest BCUT2D eigenvalue weighted by Crippen LogP contribution is 2.19. The monoisotopic (exact) mass is 307 g/mol. The van der Waals surface area contributed by atoms with Gasteiger partial charge in [0, 0.05) is 5.69 Å². The molecule has 8 heteroatoms. The molecule has 3 N–H and O–H groups in total. The minimum absolute atomic E-state index is 0.147. The molecule has 0 bridgehead atoms. The van der Waals surface area contributed by atoms with Gasteiger partial charge in [-0.15, -0.1) is 0 Å². The van der Waals surface area contributed by atoms with Crippen LogP contribution in [0.3, 0.4) is 0 Å². The lowest BCUT2D eigenvalue weighted by Gasteiger charge is -2.05. The molecule has 0 amide bonds. The van der Waals surface area contributed by atoms with Crippen LogP contribution in [0.15, 0.2) is 35.1 Å². The number of nitrogens with one attached hydrogen (secondary N) is 1. The number of hydrogen-bond acceptors (Lipinski definition) is 3. The number of H-pyrrole nitrogens is 1. The maximum atomic E-state index is 13.7. The second-order valence-corrected chi connectivity index (χ2v) is 4.57. The molecular weight excluding hydrogens is 299 g/mol. The molecule has 0 aliphatic heterocycles. The van der Waals surface area contributed by atoms with Crippen molar-refractivity contribution in [1.82, 2.24) is 9.55 Å². The van der Waals surface area contributed by atoms with Crippen molar-refractivity contribution >= 4 is 22.6 Å². The fourth-order valence-electron chi connectivity index (χ4n) is 2.14. The summed E-state index contributed by atoms with van der Waals surface area (Å²) in [6.07, 6.45) is 0. The van der Waals surface area contributed by atoms with Gasteiger partial charge in [0.15, 0.2) is 17.5 Å². The number of nitrogen functional groups attached to an aromatic ring is 1. The van der Waals surface area contributed by atoms with Crippen LogP contribution < -0.4 is 11.4 Å². The molecule has 112 valence electrons. The van der Waals surface area contributed by atoms with Crippen molar-refractivity contribution in [3.8, 4) is 0 Å². The second kappa shape index (κ2) is 4.76. The van der Waals surface area contributed by atoms with Crippen LogP contribution in [0.25, 0.3) is 11.0 Å². The average molecular weight is 307 g/mol. The van der Waals surface area contributed by atoms with E-state index in [1.54, 1.807) is 0 Å². The summed E-state index contributed by atoms with van der Waals surface area (Å²) in [5.41, 5.74) is 4.74. The SMILES string of the molecule is Nc1ccc2c(c1)[nH]c(=O)n2C(=O)c1ccc(F)c(F)c1F. The van der Waals surface area contributed by atoms with Crippen LogP contribution >= 0.6 is 0 Å². The Balaban J connectivity index is 2.24. The number of carbonyl (C=O) groups excluding carboxylic acids is 1. The number of nitrogens with two attached hydrogens (primary N) is 1. The second-order valence-electron chi connectivity index (χ2n) is 4.57. The van der Waals surface area contributed by atoms with Gasteiger partial charge in [0.25, 0.3) is 5.91 Å². The van der Waals surface area contributed by atoms with Crippen molar-refractivity contribution in [1.29, 1.82) is 0 Å². The number of halogens is 3. The normalized spacial score (nSPS) is 11.0. The lowest BCUT2D eigenvalue weighted by molar-refractivity contribution is 0.0955. The number of imidazole rings is 1. The summed E-state index contributed by atoms with van der Waals surface area (Å²) >= 11 is 0.